The maximum absolute atomic E-state index is 14.1. The summed E-state index contributed by atoms with van der Waals surface area (Å²) in [5, 5.41) is 5.49. The molecule has 0 atom stereocenters. The molecule has 0 aliphatic heterocycles. The van der Waals surface area contributed by atoms with Crippen LogP contribution in [0.25, 0.3) is 0 Å². The van der Waals surface area contributed by atoms with Gasteiger partial charge in [0.05, 0.1) is 23.3 Å². The number of halogens is 4. The zero-order valence-corrected chi connectivity index (χ0v) is 15.1. The van der Waals surface area contributed by atoms with Gasteiger partial charge in [-0.2, -0.15) is 5.10 Å². The van der Waals surface area contributed by atoms with E-state index in [0.29, 0.717) is 17.8 Å². The van der Waals surface area contributed by atoms with E-state index in [9.17, 15) is 22.4 Å². The molecule has 3 rings (SSSR count). The van der Waals surface area contributed by atoms with E-state index >= 15 is 0 Å². The van der Waals surface area contributed by atoms with Crippen molar-refractivity contribution < 1.29 is 22.4 Å². The molecular weight excluding hydrogens is 396 g/mol. The lowest BCUT2D eigenvalue weighted by Crippen LogP contribution is -2.23. The number of carbonyl (C=O) groups is 1. The number of benzene rings is 2. The Bertz CT molecular complexity index is 1050. The molecule has 0 saturated heterocycles. The third-order valence-electron chi connectivity index (χ3n) is 3.48. The molecule has 1 N–H and O–H groups in total. The van der Waals surface area contributed by atoms with E-state index in [1.807, 2.05) is 0 Å². The minimum absolute atomic E-state index is 0.0353. The Morgan fingerprint density at radius 3 is 2.43 bits per heavy atom. The Morgan fingerprint density at radius 1 is 1.11 bits per heavy atom. The van der Waals surface area contributed by atoms with Gasteiger partial charge in [0, 0.05) is 24.4 Å². The number of aromatic nitrogens is 1. The van der Waals surface area contributed by atoms with Crippen molar-refractivity contribution in [2.45, 2.75) is 6.92 Å². The summed E-state index contributed by atoms with van der Waals surface area (Å²) in [6.45, 7) is 1.22. The number of hydrogen-bond donors (Lipinski definition) is 1. The summed E-state index contributed by atoms with van der Waals surface area (Å²) in [7, 11) is 0. The first-order chi connectivity index (χ1) is 13.3. The second-order valence-electron chi connectivity index (χ2n) is 5.50. The number of anilines is 3. The minimum atomic E-state index is -0.908. The van der Waals surface area contributed by atoms with Crippen molar-refractivity contribution in [3.8, 4) is 0 Å². The van der Waals surface area contributed by atoms with Gasteiger partial charge in [0.1, 0.15) is 17.5 Å². The predicted molar refractivity (Wildman–Crippen MR) is 98.9 cm³/mol. The van der Waals surface area contributed by atoms with Crippen LogP contribution < -0.4 is 10.3 Å². The molecule has 0 radical (unpaired) electrons. The van der Waals surface area contributed by atoms with Gasteiger partial charge < -0.3 is 0 Å². The van der Waals surface area contributed by atoms with E-state index < -0.39 is 29.2 Å². The fourth-order valence-corrected chi connectivity index (χ4v) is 3.09. The average molecular weight is 408 g/mol. The van der Waals surface area contributed by atoms with Crippen LogP contribution in [0.1, 0.15) is 12.6 Å². The zero-order chi connectivity index (χ0) is 20.3. The summed E-state index contributed by atoms with van der Waals surface area (Å²) in [5.41, 5.74) is 2.54. The molecule has 0 fully saturated rings. The lowest BCUT2D eigenvalue weighted by atomic mass is 10.2. The molecule has 0 bridgehead atoms. The largest absolute Gasteiger partial charge is 0.275 e. The van der Waals surface area contributed by atoms with E-state index in [-0.39, 0.29) is 16.5 Å². The van der Waals surface area contributed by atoms with Crippen LogP contribution in [-0.2, 0) is 4.79 Å². The average Bonchev–Trinajstić information content (AvgIpc) is 3.07. The number of hydrazone groups is 1. The molecule has 5 nitrogen and oxygen atoms in total. The summed E-state index contributed by atoms with van der Waals surface area (Å²) in [6.07, 6.45) is 1.25. The summed E-state index contributed by atoms with van der Waals surface area (Å²) < 4.78 is 53.6. The van der Waals surface area contributed by atoms with E-state index in [0.717, 1.165) is 34.4 Å². The lowest BCUT2D eigenvalue weighted by Gasteiger charge is -2.18. The summed E-state index contributed by atoms with van der Waals surface area (Å²) in [6, 6.07) is 5.81. The van der Waals surface area contributed by atoms with Crippen molar-refractivity contribution in [1.29, 1.82) is 0 Å². The van der Waals surface area contributed by atoms with E-state index in [1.54, 1.807) is 5.38 Å². The van der Waals surface area contributed by atoms with Crippen LogP contribution in [0.3, 0.4) is 0 Å². The van der Waals surface area contributed by atoms with Gasteiger partial charge >= 0.3 is 0 Å². The summed E-state index contributed by atoms with van der Waals surface area (Å²) in [4.78, 5) is 17.1. The van der Waals surface area contributed by atoms with Crippen molar-refractivity contribution in [3.05, 3.63) is 70.7 Å². The Morgan fingerprint density at radius 2 is 1.79 bits per heavy atom. The standard InChI is InChI=1S/C18H12F4N4OS/c1-10(27)26(17-5-3-12(20)7-15(17)22)18-24-13(9-28-18)8-23-25-16-4-2-11(19)6-14(16)21/h2-9,25H,1H3/b23-8-. The molecule has 3 aromatic rings. The van der Waals surface area contributed by atoms with Gasteiger partial charge in [0.2, 0.25) is 5.91 Å². The Kier molecular flexibility index (Phi) is 5.69. The van der Waals surface area contributed by atoms with Gasteiger partial charge in [-0.1, -0.05) is 0 Å². The number of nitrogens with zero attached hydrogens (tertiary/aromatic N) is 3. The number of carbonyl (C=O) groups excluding carboxylic acids is 1. The van der Waals surface area contributed by atoms with Gasteiger partial charge in [0.25, 0.3) is 0 Å². The monoisotopic (exact) mass is 408 g/mol. The summed E-state index contributed by atoms with van der Waals surface area (Å²) >= 11 is 1.04. The molecule has 2 aromatic carbocycles. The molecule has 0 saturated carbocycles. The number of amides is 1. The Hall–Kier alpha value is -3.27. The second kappa shape index (κ2) is 8.17. The Balaban J connectivity index is 1.80. The normalized spacial score (nSPS) is 11.0. The van der Waals surface area contributed by atoms with E-state index in [2.05, 4.69) is 15.5 Å². The van der Waals surface area contributed by atoms with Crippen LogP contribution in [0.4, 0.5) is 34.1 Å². The fourth-order valence-electron chi connectivity index (χ4n) is 2.26. The van der Waals surface area contributed by atoms with Gasteiger partial charge in [-0.05, 0) is 24.3 Å². The number of hydrogen-bond acceptors (Lipinski definition) is 5. The third kappa shape index (κ3) is 4.34. The first kappa shape index (κ1) is 19.5. The fraction of sp³-hybridized carbons (Fsp3) is 0.0556. The van der Waals surface area contributed by atoms with Gasteiger partial charge in [-0.15, -0.1) is 11.3 Å². The molecule has 0 unspecified atom stereocenters. The predicted octanol–water partition coefficient (Wildman–Crippen LogP) is 4.83. The molecule has 10 heteroatoms. The highest BCUT2D eigenvalue weighted by Gasteiger charge is 2.21. The molecule has 0 spiro atoms. The third-order valence-corrected chi connectivity index (χ3v) is 4.32. The highest BCUT2D eigenvalue weighted by Crippen LogP contribution is 2.31. The van der Waals surface area contributed by atoms with Crippen molar-refractivity contribution >= 4 is 40.0 Å². The minimum Gasteiger partial charge on any atom is -0.275 e. The van der Waals surface area contributed by atoms with Gasteiger partial charge in [-0.3, -0.25) is 15.1 Å². The molecular formula is C18H12F4N4OS. The lowest BCUT2D eigenvalue weighted by molar-refractivity contribution is -0.115. The van der Waals surface area contributed by atoms with Crippen molar-refractivity contribution in [1.82, 2.24) is 4.98 Å². The Labute approximate surface area is 160 Å². The van der Waals surface area contributed by atoms with Gasteiger partial charge in [-0.25, -0.2) is 22.5 Å². The van der Waals surface area contributed by atoms with Crippen molar-refractivity contribution in [2.75, 3.05) is 10.3 Å². The number of nitrogens with one attached hydrogen (secondary N) is 1. The zero-order valence-electron chi connectivity index (χ0n) is 14.3. The molecule has 1 heterocycles. The van der Waals surface area contributed by atoms with Crippen LogP contribution >= 0.6 is 11.3 Å². The topological polar surface area (TPSA) is 57.6 Å². The van der Waals surface area contributed by atoms with Gasteiger partial charge in [0.15, 0.2) is 10.9 Å². The van der Waals surface area contributed by atoms with Crippen LogP contribution in [0.2, 0.25) is 0 Å². The quantitative estimate of drug-likeness (QED) is 0.374. The smallest absolute Gasteiger partial charge is 0.230 e. The molecule has 144 valence electrons. The second-order valence-corrected chi connectivity index (χ2v) is 6.34. The van der Waals surface area contributed by atoms with Crippen LogP contribution in [-0.4, -0.2) is 17.1 Å². The van der Waals surface area contributed by atoms with Crippen LogP contribution in [0.5, 0.6) is 0 Å². The molecule has 0 aliphatic carbocycles. The molecule has 1 aromatic heterocycles. The van der Waals surface area contributed by atoms with Crippen molar-refractivity contribution in [3.63, 3.8) is 0 Å². The summed E-state index contributed by atoms with van der Waals surface area (Å²) in [5.74, 6) is -3.72. The number of rotatable bonds is 5. The molecule has 28 heavy (non-hydrogen) atoms. The molecule has 0 aliphatic rings. The highest BCUT2D eigenvalue weighted by atomic mass is 32.1. The van der Waals surface area contributed by atoms with Crippen LogP contribution in [0, 0.1) is 23.3 Å². The van der Waals surface area contributed by atoms with Crippen molar-refractivity contribution in [2.24, 2.45) is 5.10 Å². The number of thiazole rings is 1. The SMILES string of the molecule is CC(=O)N(c1nc(/C=N\Nc2ccc(F)cc2F)cs1)c1ccc(F)cc1F. The van der Waals surface area contributed by atoms with E-state index in [1.165, 1.54) is 19.2 Å². The van der Waals surface area contributed by atoms with E-state index in [4.69, 9.17) is 0 Å². The molecule has 1 amide bonds. The van der Waals surface area contributed by atoms with Crippen LogP contribution in [0.15, 0.2) is 46.9 Å². The first-order valence-electron chi connectivity index (χ1n) is 7.80. The highest BCUT2D eigenvalue weighted by molar-refractivity contribution is 7.14. The maximum Gasteiger partial charge on any atom is 0.230 e. The first-order valence-corrected chi connectivity index (χ1v) is 8.68. The maximum atomic E-state index is 14.1.